The number of amides is 1. The molecule has 0 atom stereocenters. The Morgan fingerprint density at radius 2 is 1.64 bits per heavy atom. The minimum Gasteiger partial charge on any atom is -0.497 e. The van der Waals surface area contributed by atoms with Crippen molar-refractivity contribution in [1.82, 2.24) is 14.9 Å². The first-order valence-electron chi connectivity index (χ1n) is 15.2. The first-order chi connectivity index (χ1) is 20.6. The lowest BCUT2D eigenvalue weighted by atomic mass is 10.1. The second kappa shape index (κ2) is 13.2. The highest BCUT2D eigenvalue weighted by Crippen LogP contribution is 2.38. The zero-order valence-electron chi connectivity index (χ0n) is 28.0. The molecule has 1 aromatic heterocycles. The summed E-state index contributed by atoms with van der Waals surface area (Å²) >= 11 is 0. The van der Waals surface area contributed by atoms with E-state index in [1.54, 1.807) is 19.1 Å². The van der Waals surface area contributed by atoms with Crippen LogP contribution in [-0.4, -0.2) is 75.3 Å². The maximum absolute atomic E-state index is 12.5. The minimum absolute atomic E-state index is 0.115. The van der Waals surface area contributed by atoms with Crippen LogP contribution in [0.25, 0.3) is 16.6 Å². The summed E-state index contributed by atoms with van der Waals surface area (Å²) in [6.45, 7) is 19.2. The molecule has 1 aliphatic rings. The fourth-order valence-electron chi connectivity index (χ4n) is 4.68. The lowest BCUT2D eigenvalue weighted by Gasteiger charge is -2.37. The van der Waals surface area contributed by atoms with Gasteiger partial charge in [0.2, 0.25) is 0 Å². The molecule has 0 saturated carbocycles. The molecular weight excluding hydrogens is 572 g/mol. The lowest BCUT2D eigenvalue weighted by molar-refractivity contribution is 0.0270. The van der Waals surface area contributed by atoms with Gasteiger partial charge in [0.05, 0.1) is 43.8 Å². The van der Waals surface area contributed by atoms with Gasteiger partial charge in [-0.3, -0.25) is 4.98 Å². The van der Waals surface area contributed by atoms with Crippen LogP contribution in [0.1, 0.15) is 53.7 Å². The first kappa shape index (κ1) is 33.3. The predicted molar refractivity (Wildman–Crippen MR) is 180 cm³/mol. The van der Waals surface area contributed by atoms with Crippen LogP contribution in [0.4, 0.5) is 16.2 Å². The third-order valence-electron chi connectivity index (χ3n) is 8.26. The molecule has 0 spiro atoms. The molecule has 9 nitrogen and oxygen atoms in total. The van der Waals surface area contributed by atoms with Gasteiger partial charge in [-0.15, -0.1) is 0 Å². The smallest absolute Gasteiger partial charge is 0.410 e. The van der Waals surface area contributed by atoms with E-state index in [2.05, 4.69) is 50.9 Å². The quantitative estimate of drug-likeness (QED) is 0.224. The maximum Gasteiger partial charge on any atom is 0.410 e. The number of carbonyl (C=O) groups excluding carboxylic acids is 1. The fourth-order valence-corrected chi connectivity index (χ4v) is 5.72. The molecule has 0 fully saturated rings. The highest BCUT2D eigenvalue weighted by molar-refractivity contribution is 6.74. The van der Waals surface area contributed by atoms with Gasteiger partial charge in [0.25, 0.3) is 0 Å². The number of rotatable bonds is 9. The van der Waals surface area contributed by atoms with Crippen LogP contribution in [0.5, 0.6) is 11.5 Å². The Kier molecular flexibility index (Phi) is 9.95. The van der Waals surface area contributed by atoms with Crippen molar-refractivity contribution in [2.24, 2.45) is 0 Å². The van der Waals surface area contributed by atoms with E-state index in [1.807, 2.05) is 57.3 Å². The molecule has 0 saturated heterocycles. The Labute approximate surface area is 263 Å². The second-order valence-corrected chi connectivity index (χ2v) is 18.5. The Bertz CT molecular complexity index is 1490. The zero-order chi connectivity index (χ0) is 32.3. The highest BCUT2D eigenvalue weighted by atomic mass is 28.4. The van der Waals surface area contributed by atoms with E-state index in [1.165, 1.54) is 0 Å². The van der Waals surface area contributed by atoms with Crippen LogP contribution >= 0.6 is 0 Å². The molecule has 10 heteroatoms. The number of anilines is 2. The number of hydrogen-bond donors (Lipinski definition) is 0. The number of benzene rings is 2. The van der Waals surface area contributed by atoms with Crippen molar-refractivity contribution in [2.75, 3.05) is 45.4 Å². The van der Waals surface area contributed by atoms with Crippen LogP contribution in [0.3, 0.4) is 0 Å². The summed E-state index contributed by atoms with van der Waals surface area (Å²) in [4.78, 5) is 26.2. The van der Waals surface area contributed by atoms with Gasteiger partial charge >= 0.3 is 6.09 Å². The van der Waals surface area contributed by atoms with Crippen molar-refractivity contribution in [3.8, 4) is 11.5 Å². The van der Waals surface area contributed by atoms with Crippen molar-refractivity contribution in [3.63, 3.8) is 0 Å². The van der Waals surface area contributed by atoms with Crippen molar-refractivity contribution in [3.05, 3.63) is 54.4 Å². The molecule has 0 N–H and O–H groups in total. The van der Waals surface area contributed by atoms with Gasteiger partial charge in [-0.1, -0.05) is 26.8 Å². The van der Waals surface area contributed by atoms with Crippen LogP contribution in [-0.2, 0) is 9.16 Å². The third kappa shape index (κ3) is 8.09. The highest BCUT2D eigenvalue weighted by Gasteiger charge is 2.37. The largest absolute Gasteiger partial charge is 0.497 e. The third-order valence-corrected chi connectivity index (χ3v) is 12.8. The van der Waals surface area contributed by atoms with Gasteiger partial charge in [-0.05, 0) is 69.1 Å². The molecule has 3 aromatic rings. The van der Waals surface area contributed by atoms with Crippen molar-refractivity contribution in [1.29, 1.82) is 0 Å². The van der Waals surface area contributed by atoms with Crippen LogP contribution in [0.15, 0.2) is 48.7 Å². The maximum atomic E-state index is 12.5. The summed E-state index contributed by atoms with van der Waals surface area (Å²) in [5, 5.41) is 0.115. The Morgan fingerprint density at radius 1 is 0.955 bits per heavy atom. The number of carbonyl (C=O) groups is 1. The molecule has 0 radical (unpaired) electrons. The van der Waals surface area contributed by atoms with Crippen molar-refractivity contribution >= 4 is 42.4 Å². The molecule has 238 valence electrons. The van der Waals surface area contributed by atoms with E-state index in [4.69, 9.17) is 28.6 Å². The lowest BCUT2D eigenvalue weighted by Crippen LogP contribution is -2.42. The van der Waals surface area contributed by atoms with Crippen molar-refractivity contribution in [2.45, 2.75) is 71.7 Å². The van der Waals surface area contributed by atoms with Crippen LogP contribution < -0.4 is 14.4 Å². The Balaban J connectivity index is 1.64. The molecule has 44 heavy (non-hydrogen) atoms. The van der Waals surface area contributed by atoms with E-state index >= 15 is 0 Å². The number of methoxy groups -OCH3 is 2. The summed E-state index contributed by atoms with van der Waals surface area (Å²) in [6.07, 6.45) is 4.24. The van der Waals surface area contributed by atoms with E-state index in [9.17, 15) is 4.79 Å². The number of fused-ring (bicyclic) bond motifs is 1. The summed E-state index contributed by atoms with van der Waals surface area (Å²) in [5.74, 6) is 1.42. The standard InChI is InChI=1S/C34H48N4O5Si/c1-33(2,3)43-32(39)37-15-13-24(14-16-37)31-23-35-29-12-11-25(21-30(29)36-31)38(17-18-42-44(9,10)34(4,5)6)26-19-27(40-7)22-28(20-26)41-8/h11-13,19-23H,14-18H2,1-10H3. The predicted octanol–water partition coefficient (Wildman–Crippen LogP) is 7.83. The average Bonchev–Trinajstić information content (AvgIpc) is 2.97. The summed E-state index contributed by atoms with van der Waals surface area (Å²) in [6, 6.07) is 12.0. The number of aromatic nitrogens is 2. The second-order valence-electron chi connectivity index (χ2n) is 13.7. The van der Waals surface area contributed by atoms with E-state index < -0.39 is 13.9 Å². The first-order valence-corrected chi connectivity index (χ1v) is 18.1. The Hall–Kier alpha value is -3.63. The monoisotopic (exact) mass is 620 g/mol. The van der Waals surface area contributed by atoms with E-state index in [0.717, 1.165) is 33.7 Å². The van der Waals surface area contributed by atoms with Gasteiger partial charge in [0.1, 0.15) is 17.1 Å². The summed E-state index contributed by atoms with van der Waals surface area (Å²) < 4.78 is 23.3. The van der Waals surface area contributed by atoms with Crippen LogP contribution in [0.2, 0.25) is 18.1 Å². The molecule has 0 aliphatic carbocycles. The molecule has 4 rings (SSSR count). The number of hydrogen-bond acceptors (Lipinski definition) is 8. The normalized spacial score (nSPS) is 14.3. The zero-order valence-corrected chi connectivity index (χ0v) is 29.0. The summed E-state index contributed by atoms with van der Waals surface area (Å²) in [5.41, 5.74) is 4.86. The van der Waals surface area contributed by atoms with Crippen LogP contribution in [0, 0.1) is 0 Å². The SMILES string of the molecule is COc1cc(OC)cc(N(CCO[Si](C)(C)C(C)(C)C)c2ccc3ncc(C4=CCN(C(=O)OC(C)(C)C)CC4)nc3c2)c1. The average molecular weight is 621 g/mol. The fraction of sp³-hybridized carbons (Fsp3) is 0.500. The molecular formula is C34H48N4O5Si. The van der Waals surface area contributed by atoms with Gasteiger partial charge in [-0.25, -0.2) is 9.78 Å². The molecule has 0 unspecified atom stereocenters. The molecule has 2 aromatic carbocycles. The van der Waals surface area contributed by atoms with E-state index in [-0.39, 0.29) is 11.1 Å². The van der Waals surface area contributed by atoms with Gasteiger partial charge < -0.3 is 28.4 Å². The number of ether oxygens (including phenoxy) is 3. The molecule has 1 aliphatic heterocycles. The minimum atomic E-state index is -1.94. The summed E-state index contributed by atoms with van der Waals surface area (Å²) in [7, 11) is 1.37. The van der Waals surface area contributed by atoms with E-state index in [0.29, 0.717) is 44.2 Å². The van der Waals surface area contributed by atoms with Crippen molar-refractivity contribution < 1.29 is 23.4 Å². The number of nitrogens with zero attached hydrogens (tertiary/aromatic N) is 4. The van der Waals surface area contributed by atoms with Gasteiger partial charge in [-0.2, -0.15) is 0 Å². The molecule has 2 heterocycles. The van der Waals surface area contributed by atoms with Gasteiger partial charge in [0.15, 0.2) is 8.32 Å². The Morgan fingerprint density at radius 3 is 2.20 bits per heavy atom. The molecule has 1 amide bonds. The molecule has 0 bridgehead atoms. The van der Waals surface area contributed by atoms with Gasteiger partial charge in [0, 0.05) is 49.2 Å². The topological polar surface area (TPSA) is 86.3 Å².